The van der Waals surface area contributed by atoms with Gasteiger partial charge in [0, 0.05) is 11.8 Å². The molecule has 3 atom stereocenters. The average Bonchev–Trinajstić information content (AvgIpc) is 3.29. The molecule has 5 heteroatoms. The molecule has 1 saturated heterocycles. The maximum absolute atomic E-state index is 13.0. The Hall–Kier alpha value is -2.84. The topological polar surface area (TPSA) is 73.6 Å². The SMILES string of the molecule is COc1ccc(-c2ccccc2[C@H]2[C@@H](CO)N(C(=O)C3CCCC3)[C@H]2C#N)cc1. The number of rotatable bonds is 5. The van der Waals surface area contributed by atoms with Crippen LogP contribution in [0.1, 0.15) is 37.2 Å². The van der Waals surface area contributed by atoms with Crippen LogP contribution >= 0.6 is 0 Å². The average molecular weight is 390 g/mol. The van der Waals surface area contributed by atoms with E-state index in [-0.39, 0.29) is 30.4 Å². The Bertz CT molecular complexity index is 912. The molecular formula is C24H26N2O3. The molecule has 1 amide bonds. The van der Waals surface area contributed by atoms with Crippen LogP contribution in [0.25, 0.3) is 11.1 Å². The fourth-order valence-electron chi connectivity index (χ4n) is 4.89. The number of carbonyl (C=O) groups excluding carboxylic acids is 1. The zero-order chi connectivity index (χ0) is 20.4. The van der Waals surface area contributed by atoms with Crippen molar-refractivity contribution in [3.63, 3.8) is 0 Å². The standard InChI is InChI=1S/C24H26N2O3/c1-29-18-12-10-16(11-13-18)19-8-4-5-9-20(19)23-21(14-25)26(22(23)15-27)24(28)17-6-2-3-7-17/h4-5,8-13,17,21-23,27H,2-3,6-7,15H2,1H3/t21-,22+,23+/m0/s1. The Labute approximate surface area is 171 Å². The van der Waals surface area contributed by atoms with Gasteiger partial charge in [0.15, 0.2) is 0 Å². The van der Waals surface area contributed by atoms with Gasteiger partial charge in [0.25, 0.3) is 0 Å². The van der Waals surface area contributed by atoms with Crippen LogP contribution in [0.4, 0.5) is 0 Å². The molecule has 1 aliphatic heterocycles. The second kappa shape index (κ2) is 8.26. The van der Waals surface area contributed by atoms with Gasteiger partial charge >= 0.3 is 0 Å². The van der Waals surface area contributed by atoms with E-state index in [1.807, 2.05) is 48.5 Å². The lowest BCUT2D eigenvalue weighted by Gasteiger charge is -2.52. The van der Waals surface area contributed by atoms with Gasteiger partial charge in [0.2, 0.25) is 5.91 Å². The van der Waals surface area contributed by atoms with Gasteiger partial charge in [-0.05, 0) is 41.7 Å². The number of carbonyl (C=O) groups is 1. The van der Waals surface area contributed by atoms with Crippen molar-refractivity contribution in [1.29, 1.82) is 5.26 Å². The Morgan fingerprint density at radius 1 is 1.17 bits per heavy atom. The van der Waals surface area contributed by atoms with Crippen molar-refractivity contribution in [3.8, 4) is 22.9 Å². The molecular weight excluding hydrogens is 364 g/mol. The van der Waals surface area contributed by atoms with Crippen molar-refractivity contribution in [3.05, 3.63) is 54.1 Å². The van der Waals surface area contributed by atoms with E-state index in [1.54, 1.807) is 12.0 Å². The van der Waals surface area contributed by atoms with Crippen molar-refractivity contribution in [2.45, 2.75) is 43.7 Å². The number of ether oxygens (including phenoxy) is 1. The zero-order valence-electron chi connectivity index (χ0n) is 16.6. The van der Waals surface area contributed by atoms with Gasteiger partial charge in [-0.3, -0.25) is 4.79 Å². The summed E-state index contributed by atoms with van der Waals surface area (Å²) in [5.74, 6) is 0.615. The van der Waals surface area contributed by atoms with Gasteiger partial charge in [-0.2, -0.15) is 5.26 Å². The maximum Gasteiger partial charge on any atom is 0.227 e. The van der Waals surface area contributed by atoms with Gasteiger partial charge in [-0.25, -0.2) is 0 Å². The molecule has 0 aromatic heterocycles. The molecule has 1 saturated carbocycles. The summed E-state index contributed by atoms with van der Waals surface area (Å²) in [5, 5.41) is 20.0. The van der Waals surface area contributed by atoms with Crippen LogP contribution in [0.15, 0.2) is 48.5 Å². The fraction of sp³-hybridized carbons (Fsp3) is 0.417. The van der Waals surface area contributed by atoms with Crippen LogP contribution in [0, 0.1) is 17.2 Å². The van der Waals surface area contributed by atoms with Gasteiger partial charge in [0.05, 0.1) is 25.8 Å². The first kappa shape index (κ1) is 19.5. The molecule has 150 valence electrons. The number of hydrogen-bond acceptors (Lipinski definition) is 4. The van der Waals surface area contributed by atoms with Gasteiger partial charge in [-0.1, -0.05) is 49.2 Å². The lowest BCUT2D eigenvalue weighted by Crippen LogP contribution is -2.66. The molecule has 1 heterocycles. The molecule has 2 aromatic carbocycles. The first-order valence-electron chi connectivity index (χ1n) is 10.3. The number of nitrogens with zero attached hydrogens (tertiary/aromatic N) is 2. The van der Waals surface area contributed by atoms with E-state index in [0.717, 1.165) is 48.1 Å². The molecule has 0 bridgehead atoms. The number of aliphatic hydroxyl groups is 1. The van der Waals surface area contributed by atoms with Crippen molar-refractivity contribution in [2.75, 3.05) is 13.7 Å². The fourth-order valence-corrected chi connectivity index (χ4v) is 4.89. The largest absolute Gasteiger partial charge is 0.497 e. The molecule has 2 aromatic rings. The summed E-state index contributed by atoms with van der Waals surface area (Å²) in [7, 11) is 1.64. The summed E-state index contributed by atoms with van der Waals surface area (Å²) in [5.41, 5.74) is 3.04. The number of benzene rings is 2. The van der Waals surface area contributed by atoms with Crippen LogP contribution in [-0.4, -0.2) is 41.7 Å². The quantitative estimate of drug-likeness (QED) is 0.844. The Balaban J connectivity index is 1.67. The van der Waals surface area contributed by atoms with Crippen LogP contribution in [-0.2, 0) is 4.79 Å². The number of likely N-dealkylation sites (tertiary alicyclic amines) is 1. The molecule has 1 N–H and O–H groups in total. The van der Waals surface area contributed by atoms with Gasteiger partial charge in [-0.15, -0.1) is 0 Å². The highest BCUT2D eigenvalue weighted by molar-refractivity contribution is 5.82. The minimum absolute atomic E-state index is 0.00215. The summed E-state index contributed by atoms with van der Waals surface area (Å²) in [4.78, 5) is 14.7. The van der Waals surface area contributed by atoms with Crippen molar-refractivity contribution < 1.29 is 14.6 Å². The maximum atomic E-state index is 13.0. The molecule has 2 fully saturated rings. The molecule has 29 heavy (non-hydrogen) atoms. The molecule has 0 unspecified atom stereocenters. The number of methoxy groups -OCH3 is 1. The minimum atomic E-state index is -0.542. The number of aliphatic hydroxyl groups excluding tert-OH is 1. The predicted molar refractivity (Wildman–Crippen MR) is 110 cm³/mol. The number of hydrogen-bond donors (Lipinski definition) is 1. The molecule has 4 rings (SSSR count). The third-order valence-corrected chi connectivity index (χ3v) is 6.41. The first-order valence-corrected chi connectivity index (χ1v) is 10.3. The third-order valence-electron chi connectivity index (χ3n) is 6.41. The molecule has 0 spiro atoms. The molecule has 5 nitrogen and oxygen atoms in total. The van der Waals surface area contributed by atoms with E-state index >= 15 is 0 Å². The van der Waals surface area contributed by atoms with Crippen LogP contribution in [0.3, 0.4) is 0 Å². The number of amides is 1. The van der Waals surface area contributed by atoms with E-state index in [0.29, 0.717) is 0 Å². The van der Waals surface area contributed by atoms with E-state index in [1.165, 1.54) is 0 Å². The second-order valence-electron chi connectivity index (χ2n) is 7.89. The van der Waals surface area contributed by atoms with Crippen molar-refractivity contribution >= 4 is 5.91 Å². The highest BCUT2D eigenvalue weighted by Gasteiger charge is 2.53. The predicted octanol–water partition coefficient (Wildman–Crippen LogP) is 3.73. The van der Waals surface area contributed by atoms with Crippen molar-refractivity contribution in [2.24, 2.45) is 5.92 Å². The van der Waals surface area contributed by atoms with Gasteiger partial charge in [0.1, 0.15) is 11.8 Å². The van der Waals surface area contributed by atoms with E-state index in [4.69, 9.17) is 4.74 Å². The summed E-state index contributed by atoms with van der Waals surface area (Å²) >= 11 is 0. The summed E-state index contributed by atoms with van der Waals surface area (Å²) in [6.07, 6.45) is 3.90. The summed E-state index contributed by atoms with van der Waals surface area (Å²) < 4.78 is 5.25. The smallest absolute Gasteiger partial charge is 0.227 e. The summed E-state index contributed by atoms with van der Waals surface area (Å²) in [6.45, 7) is -0.141. The summed E-state index contributed by atoms with van der Waals surface area (Å²) in [6, 6.07) is 17.2. The highest BCUT2D eigenvalue weighted by Crippen LogP contribution is 2.45. The second-order valence-corrected chi connectivity index (χ2v) is 7.89. The highest BCUT2D eigenvalue weighted by atomic mass is 16.5. The molecule has 2 aliphatic rings. The third kappa shape index (κ3) is 3.38. The first-order chi connectivity index (χ1) is 14.2. The van der Waals surface area contributed by atoms with E-state index < -0.39 is 6.04 Å². The van der Waals surface area contributed by atoms with Crippen LogP contribution in [0.5, 0.6) is 5.75 Å². The van der Waals surface area contributed by atoms with E-state index in [9.17, 15) is 15.2 Å². The van der Waals surface area contributed by atoms with Crippen LogP contribution in [0.2, 0.25) is 0 Å². The van der Waals surface area contributed by atoms with Crippen molar-refractivity contribution in [1.82, 2.24) is 4.90 Å². The monoisotopic (exact) mass is 390 g/mol. The Morgan fingerprint density at radius 2 is 1.86 bits per heavy atom. The minimum Gasteiger partial charge on any atom is -0.497 e. The lowest BCUT2D eigenvalue weighted by atomic mass is 9.73. The zero-order valence-corrected chi connectivity index (χ0v) is 16.6. The molecule has 1 aliphatic carbocycles. The van der Waals surface area contributed by atoms with E-state index in [2.05, 4.69) is 6.07 Å². The Morgan fingerprint density at radius 3 is 2.48 bits per heavy atom. The lowest BCUT2D eigenvalue weighted by molar-refractivity contribution is -0.151. The van der Waals surface area contributed by atoms with Crippen LogP contribution < -0.4 is 4.74 Å². The number of nitriles is 1. The van der Waals surface area contributed by atoms with Gasteiger partial charge < -0.3 is 14.7 Å². The molecule has 0 radical (unpaired) electrons. The normalized spacial score (nSPS) is 24.0. The Kier molecular flexibility index (Phi) is 5.55.